The molecule has 0 aliphatic carbocycles. The average molecular weight is 318 g/mol. The van der Waals surface area contributed by atoms with E-state index in [1.165, 1.54) is 18.4 Å². The van der Waals surface area contributed by atoms with Gasteiger partial charge in [-0.1, -0.05) is 0 Å². The molecule has 0 aliphatic heterocycles. The second-order valence-electron chi connectivity index (χ2n) is 4.21. The minimum absolute atomic E-state index is 0.0368. The van der Waals surface area contributed by atoms with Crippen LogP contribution < -0.4 is 5.73 Å². The monoisotopic (exact) mass is 318 g/mol. The highest BCUT2D eigenvalue weighted by atomic mass is 32.2. The zero-order valence-electron chi connectivity index (χ0n) is 10.5. The van der Waals surface area contributed by atoms with Crippen molar-refractivity contribution in [3.8, 4) is 0 Å². The Morgan fingerprint density at radius 3 is 2.40 bits per heavy atom. The van der Waals surface area contributed by atoms with Crippen molar-refractivity contribution >= 4 is 27.0 Å². The number of sulfonamides is 1. The van der Waals surface area contributed by atoms with Crippen molar-refractivity contribution in [2.75, 3.05) is 12.8 Å². The molecular weight excluding hydrogens is 306 g/mol. The molecule has 8 heteroatoms. The van der Waals surface area contributed by atoms with E-state index in [9.17, 15) is 17.2 Å². The molecule has 20 heavy (non-hydrogen) atoms. The summed E-state index contributed by atoms with van der Waals surface area (Å²) in [6, 6.07) is 3.31. The lowest BCUT2D eigenvalue weighted by Gasteiger charge is -2.17. The van der Waals surface area contributed by atoms with Crippen LogP contribution >= 0.6 is 11.3 Å². The van der Waals surface area contributed by atoms with Crippen LogP contribution in [-0.4, -0.2) is 19.8 Å². The molecule has 0 radical (unpaired) electrons. The van der Waals surface area contributed by atoms with E-state index >= 15 is 0 Å². The van der Waals surface area contributed by atoms with E-state index < -0.39 is 26.6 Å². The minimum atomic E-state index is -4.26. The van der Waals surface area contributed by atoms with Gasteiger partial charge in [-0.05, 0) is 34.5 Å². The summed E-state index contributed by atoms with van der Waals surface area (Å²) in [5.74, 6) is -2.39. The number of nitrogens with two attached hydrogens (primary N) is 1. The van der Waals surface area contributed by atoms with Crippen molar-refractivity contribution in [1.29, 1.82) is 0 Å². The summed E-state index contributed by atoms with van der Waals surface area (Å²) in [7, 11) is -2.99. The molecule has 1 aromatic heterocycles. The Morgan fingerprint density at radius 2 is 1.90 bits per heavy atom. The third kappa shape index (κ3) is 2.82. The smallest absolute Gasteiger partial charge is 0.248 e. The van der Waals surface area contributed by atoms with Gasteiger partial charge in [-0.25, -0.2) is 17.2 Å². The lowest BCUT2D eigenvalue weighted by Crippen LogP contribution is -2.28. The molecule has 4 nitrogen and oxygen atoms in total. The Morgan fingerprint density at radius 1 is 1.30 bits per heavy atom. The quantitative estimate of drug-likeness (QED) is 0.881. The molecule has 2 rings (SSSR count). The van der Waals surface area contributed by atoms with Gasteiger partial charge in [-0.2, -0.15) is 15.6 Å². The molecular formula is C12H12F2N2O2S2. The molecule has 0 saturated heterocycles. The maximum absolute atomic E-state index is 13.7. The maximum Gasteiger partial charge on any atom is 0.248 e. The summed E-state index contributed by atoms with van der Waals surface area (Å²) in [4.78, 5) is -0.982. The van der Waals surface area contributed by atoms with Crippen LogP contribution in [0.4, 0.5) is 14.5 Å². The predicted molar refractivity (Wildman–Crippen MR) is 73.7 cm³/mol. The first-order valence-corrected chi connectivity index (χ1v) is 7.92. The van der Waals surface area contributed by atoms with Crippen molar-refractivity contribution in [2.45, 2.75) is 11.4 Å². The lowest BCUT2D eigenvalue weighted by molar-refractivity contribution is 0.448. The normalized spacial score (nSPS) is 12.0. The zero-order valence-corrected chi connectivity index (χ0v) is 12.1. The van der Waals surface area contributed by atoms with Crippen molar-refractivity contribution in [3.05, 3.63) is 46.2 Å². The van der Waals surface area contributed by atoms with Crippen LogP contribution in [0.2, 0.25) is 0 Å². The standard InChI is InChI=1S/C12H12F2N2O2S2/c1-16(6-8-2-3-19-7-8)20(17,18)12-10(13)4-9(15)5-11(12)14/h2-5,7H,6,15H2,1H3. The van der Waals surface area contributed by atoms with Crippen LogP contribution in [0.25, 0.3) is 0 Å². The van der Waals surface area contributed by atoms with Crippen LogP contribution in [0.1, 0.15) is 5.56 Å². The van der Waals surface area contributed by atoms with Crippen LogP contribution in [-0.2, 0) is 16.6 Å². The Bertz CT molecular complexity index is 692. The molecule has 2 N–H and O–H groups in total. The van der Waals surface area contributed by atoms with E-state index in [2.05, 4.69) is 0 Å². The number of hydrogen-bond donors (Lipinski definition) is 1. The summed E-state index contributed by atoms with van der Waals surface area (Å²) in [6.07, 6.45) is 0. The second kappa shape index (κ2) is 5.47. The molecule has 0 atom stereocenters. The van der Waals surface area contributed by atoms with E-state index in [4.69, 9.17) is 5.73 Å². The topological polar surface area (TPSA) is 63.4 Å². The van der Waals surface area contributed by atoms with Crippen LogP contribution in [0.5, 0.6) is 0 Å². The molecule has 1 heterocycles. The number of thiophene rings is 1. The zero-order chi connectivity index (χ0) is 14.9. The molecule has 0 amide bonds. The number of rotatable bonds is 4. The van der Waals surface area contributed by atoms with Crippen molar-refractivity contribution in [3.63, 3.8) is 0 Å². The number of nitrogens with zero attached hydrogens (tertiary/aromatic N) is 1. The number of nitrogen functional groups attached to an aromatic ring is 1. The van der Waals surface area contributed by atoms with Gasteiger partial charge in [0.15, 0.2) is 4.90 Å². The van der Waals surface area contributed by atoms with Gasteiger partial charge in [0.05, 0.1) is 0 Å². The van der Waals surface area contributed by atoms with Crippen molar-refractivity contribution < 1.29 is 17.2 Å². The Hall–Kier alpha value is -1.51. The van der Waals surface area contributed by atoms with Gasteiger partial charge in [-0.3, -0.25) is 0 Å². The van der Waals surface area contributed by atoms with E-state index in [1.807, 2.05) is 0 Å². The van der Waals surface area contributed by atoms with E-state index in [-0.39, 0.29) is 12.2 Å². The molecule has 0 spiro atoms. The number of anilines is 1. The lowest BCUT2D eigenvalue weighted by atomic mass is 10.3. The molecule has 0 aliphatic rings. The first-order valence-electron chi connectivity index (χ1n) is 5.54. The van der Waals surface area contributed by atoms with Crippen LogP contribution in [0, 0.1) is 11.6 Å². The van der Waals surface area contributed by atoms with Crippen LogP contribution in [0.3, 0.4) is 0 Å². The van der Waals surface area contributed by atoms with Gasteiger partial charge in [0.2, 0.25) is 10.0 Å². The van der Waals surface area contributed by atoms with Crippen molar-refractivity contribution in [2.24, 2.45) is 0 Å². The third-order valence-corrected chi connectivity index (χ3v) is 5.26. The minimum Gasteiger partial charge on any atom is -0.399 e. The fourth-order valence-corrected chi connectivity index (χ4v) is 3.61. The first kappa shape index (κ1) is 14.9. The van der Waals surface area contributed by atoms with E-state index in [1.54, 1.807) is 16.8 Å². The van der Waals surface area contributed by atoms with E-state index in [0.29, 0.717) is 0 Å². The summed E-state index contributed by atoms with van der Waals surface area (Å²) in [5.41, 5.74) is 5.85. The molecule has 108 valence electrons. The Balaban J connectivity index is 2.40. The third-order valence-electron chi connectivity index (χ3n) is 2.67. The van der Waals surface area contributed by atoms with Gasteiger partial charge in [0, 0.05) is 19.3 Å². The van der Waals surface area contributed by atoms with Gasteiger partial charge in [0.25, 0.3) is 0 Å². The number of halogens is 2. The Labute approximate surface area is 119 Å². The highest BCUT2D eigenvalue weighted by Crippen LogP contribution is 2.25. The summed E-state index contributed by atoms with van der Waals surface area (Å²) in [5, 5.41) is 3.56. The summed E-state index contributed by atoms with van der Waals surface area (Å²) < 4.78 is 52.8. The largest absolute Gasteiger partial charge is 0.399 e. The van der Waals surface area contributed by atoms with E-state index in [0.717, 1.165) is 22.0 Å². The van der Waals surface area contributed by atoms with Gasteiger partial charge < -0.3 is 5.73 Å². The number of hydrogen-bond acceptors (Lipinski definition) is 4. The fourth-order valence-electron chi connectivity index (χ4n) is 1.71. The molecule has 0 unspecified atom stereocenters. The van der Waals surface area contributed by atoms with Gasteiger partial charge in [-0.15, -0.1) is 0 Å². The van der Waals surface area contributed by atoms with Gasteiger partial charge in [0.1, 0.15) is 11.6 Å². The highest BCUT2D eigenvalue weighted by Gasteiger charge is 2.29. The summed E-state index contributed by atoms with van der Waals surface area (Å²) >= 11 is 1.41. The van der Waals surface area contributed by atoms with Crippen molar-refractivity contribution in [1.82, 2.24) is 4.31 Å². The molecule has 1 aromatic carbocycles. The summed E-state index contributed by atoms with van der Waals surface area (Å²) in [6.45, 7) is 0.0368. The highest BCUT2D eigenvalue weighted by molar-refractivity contribution is 7.89. The first-order chi connectivity index (χ1) is 9.32. The molecule has 0 fully saturated rings. The SMILES string of the molecule is CN(Cc1ccsc1)S(=O)(=O)c1c(F)cc(N)cc1F. The predicted octanol–water partition coefficient (Wildman–Crippen LogP) is 2.43. The molecule has 2 aromatic rings. The maximum atomic E-state index is 13.7. The number of benzene rings is 1. The fraction of sp³-hybridized carbons (Fsp3) is 0.167. The molecule has 0 bridgehead atoms. The molecule has 0 saturated carbocycles. The van der Waals surface area contributed by atoms with Crippen LogP contribution in [0.15, 0.2) is 33.9 Å². The average Bonchev–Trinajstić information content (AvgIpc) is 2.79. The Kier molecular flexibility index (Phi) is 4.07. The second-order valence-corrected chi connectivity index (χ2v) is 6.97. The van der Waals surface area contributed by atoms with Gasteiger partial charge >= 0.3 is 0 Å².